The second-order valence-electron chi connectivity index (χ2n) is 7.10. The number of amides is 2. The van der Waals surface area contributed by atoms with Crippen LogP contribution in [0.15, 0.2) is 42.7 Å². The highest BCUT2D eigenvalue weighted by Gasteiger charge is 2.38. The van der Waals surface area contributed by atoms with Gasteiger partial charge in [0.25, 0.3) is 0 Å². The number of hydrogen-bond donors (Lipinski definition) is 2. The molecule has 1 atom stereocenters. The van der Waals surface area contributed by atoms with Crippen molar-refractivity contribution in [3.63, 3.8) is 0 Å². The lowest BCUT2D eigenvalue weighted by Crippen LogP contribution is -2.51. The predicted octanol–water partition coefficient (Wildman–Crippen LogP) is 2.36. The van der Waals surface area contributed by atoms with E-state index in [1.165, 1.54) is 0 Å². The van der Waals surface area contributed by atoms with Crippen molar-refractivity contribution in [2.45, 2.75) is 44.8 Å². The van der Waals surface area contributed by atoms with Crippen molar-refractivity contribution in [1.82, 2.24) is 20.0 Å². The Kier molecular flexibility index (Phi) is 5.08. The molecule has 1 aromatic carbocycles. The van der Waals surface area contributed by atoms with Crippen LogP contribution < -0.4 is 5.32 Å². The Morgan fingerprint density at radius 3 is 2.76 bits per heavy atom. The molecule has 0 spiro atoms. The zero-order valence-corrected chi connectivity index (χ0v) is 14.9. The summed E-state index contributed by atoms with van der Waals surface area (Å²) in [6, 6.07) is 9.85. The maximum absolute atomic E-state index is 12.4. The normalized spacial score (nSPS) is 17.7. The Balaban J connectivity index is 1.50. The Labute approximate surface area is 148 Å². The van der Waals surface area contributed by atoms with Crippen molar-refractivity contribution in [3.8, 4) is 5.69 Å². The van der Waals surface area contributed by atoms with Gasteiger partial charge in [0.2, 0.25) is 0 Å². The average molecular weight is 342 g/mol. The third-order valence-corrected chi connectivity index (χ3v) is 4.72. The van der Waals surface area contributed by atoms with Crippen LogP contribution in [-0.2, 0) is 6.42 Å². The summed E-state index contributed by atoms with van der Waals surface area (Å²) in [5.41, 5.74) is 1.32. The Morgan fingerprint density at radius 2 is 2.12 bits per heavy atom. The second-order valence-corrected chi connectivity index (χ2v) is 7.10. The van der Waals surface area contributed by atoms with Crippen molar-refractivity contribution < 1.29 is 9.90 Å². The highest BCUT2D eigenvalue weighted by molar-refractivity contribution is 5.75. The van der Waals surface area contributed by atoms with Crippen LogP contribution in [0.3, 0.4) is 0 Å². The number of nitrogens with one attached hydrogen (secondary N) is 1. The smallest absolute Gasteiger partial charge is 0.317 e. The van der Waals surface area contributed by atoms with Crippen LogP contribution in [0, 0.1) is 0 Å². The number of carbonyl (C=O) groups is 1. The molecule has 25 heavy (non-hydrogen) atoms. The van der Waals surface area contributed by atoms with Crippen LogP contribution in [0.4, 0.5) is 4.79 Å². The van der Waals surface area contributed by atoms with Gasteiger partial charge in [0.15, 0.2) is 0 Å². The molecule has 1 aliphatic heterocycles. The summed E-state index contributed by atoms with van der Waals surface area (Å²) in [5.74, 6) is 0. The number of urea groups is 1. The van der Waals surface area contributed by atoms with Gasteiger partial charge in [-0.3, -0.25) is 0 Å². The molecule has 2 aromatic rings. The van der Waals surface area contributed by atoms with Gasteiger partial charge in [-0.25, -0.2) is 9.48 Å². The van der Waals surface area contributed by atoms with Gasteiger partial charge in [0, 0.05) is 25.5 Å². The SMILES string of the molecule is CC(C)(O)[C@H]1CCCN1C(=O)NCCc1ccc(-n2cccn2)cc1. The molecule has 134 valence electrons. The number of nitrogens with zero attached hydrogens (tertiary/aromatic N) is 3. The zero-order valence-electron chi connectivity index (χ0n) is 14.9. The first-order valence-corrected chi connectivity index (χ1v) is 8.81. The van der Waals surface area contributed by atoms with E-state index in [1.807, 2.05) is 29.1 Å². The lowest BCUT2D eigenvalue weighted by atomic mass is 9.97. The fraction of sp³-hybridized carbons (Fsp3) is 0.474. The molecule has 0 unspecified atom stereocenters. The van der Waals surface area contributed by atoms with Crippen LogP contribution in [0.25, 0.3) is 5.69 Å². The van der Waals surface area contributed by atoms with E-state index in [4.69, 9.17) is 0 Å². The van der Waals surface area contributed by atoms with E-state index in [0.717, 1.165) is 30.5 Å². The van der Waals surface area contributed by atoms with E-state index in [9.17, 15) is 9.90 Å². The highest BCUT2D eigenvalue weighted by Crippen LogP contribution is 2.26. The van der Waals surface area contributed by atoms with Crippen LogP contribution in [0.5, 0.6) is 0 Å². The molecule has 1 fully saturated rings. The summed E-state index contributed by atoms with van der Waals surface area (Å²) in [5, 5.41) is 17.4. The number of likely N-dealkylation sites (tertiary alicyclic amines) is 1. The first-order valence-electron chi connectivity index (χ1n) is 8.81. The van der Waals surface area contributed by atoms with Crippen LogP contribution in [0.2, 0.25) is 0 Å². The van der Waals surface area contributed by atoms with Gasteiger partial charge >= 0.3 is 6.03 Å². The topological polar surface area (TPSA) is 70.4 Å². The molecule has 0 bridgehead atoms. The van der Waals surface area contributed by atoms with Gasteiger partial charge in [-0.15, -0.1) is 0 Å². The minimum Gasteiger partial charge on any atom is -0.388 e. The van der Waals surface area contributed by atoms with E-state index in [0.29, 0.717) is 13.1 Å². The number of hydrogen-bond acceptors (Lipinski definition) is 3. The van der Waals surface area contributed by atoms with Crippen molar-refractivity contribution in [1.29, 1.82) is 0 Å². The highest BCUT2D eigenvalue weighted by atomic mass is 16.3. The van der Waals surface area contributed by atoms with Gasteiger partial charge in [-0.1, -0.05) is 12.1 Å². The Morgan fingerprint density at radius 1 is 1.36 bits per heavy atom. The van der Waals surface area contributed by atoms with Crippen molar-refractivity contribution in [3.05, 3.63) is 48.3 Å². The Bertz CT molecular complexity index is 689. The molecule has 2 heterocycles. The number of carbonyl (C=O) groups excluding carboxylic acids is 1. The van der Waals surface area contributed by atoms with Gasteiger partial charge in [0.05, 0.1) is 17.3 Å². The molecule has 6 heteroatoms. The lowest BCUT2D eigenvalue weighted by Gasteiger charge is -2.33. The van der Waals surface area contributed by atoms with E-state index in [2.05, 4.69) is 22.5 Å². The van der Waals surface area contributed by atoms with Gasteiger partial charge < -0.3 is 15.3 Å². The van der Waals surface area contributed by atoms with E-state index in [-0.39, 0.29) is 12.1 Å². The van der Waals surface area contributed by atoms with Crippen LogP contribution >= 0.6 is 0 Å². The fourth-order valence-corrected chi connectivity index (χ4v) is 3.40. The summed E-state index contributed by atoms with van der Waals surface area (Å²) in [6.45, 7) is 4.82. The molecule has 0 aliphatic carbocycles. The lowest BCUT2D eigenvalue weighted by molar-refractivity contribution is 0.00986. The number of benzene rings is 1. The zero-order chi connectivity index (χ0) is 17.9. The minimum atomic E-state index is -0.865. The van der Waals surface area contributed by atoms with Gasteiger partial charge in [-0.2, -0.15) is 5.10 Å². The molecular formula is C19H26N4O2. The monoisotopic (exact) mass is 342 g/mol. The maximum atomic E-state index is 12.4. The third kappa shape index (κ3) is 4.20. The molecular weight excluding hydrogens is 316 g/mol. The van der Waals surface area contributed by atoms with Crippen molar-refractivity contribution in [2.24, 2.45) is 0 Å². The first kappa shape index (κ1) is 17.5. The standard InChI is InChI=1S/C19H26N4O2/c1-19(2,25)17-5-3-13-22(17)18(24)20-12-10-15-6-8-16(9-7-15)23-14-4-11-21-23/h4,6-9,11,14,17,25H,3,5,10,12-13H2,1-2H3,(H,20,24)/t17-/m1/s1. The first-order chi connectivity index (χ1) is 11.9. The number of aliphatic hydroxyl groups is 1. The largest absolute Gasteiger partial charge is 0.388 e. The fourth-order valence-electron chi connectivity index (χ4n) is 3.40. The van der Waals surface area contributed by atoms with Crippen molar-refractivity contribution in [2.75, 3.05) is 13.1 Å². The summed E-state index contributed by atoms with van der Waals surface area (Å²) in [7, 11) is 0. The summed E-state index contributed by atoms with van der Waals surface area (Å²) >= 11 is 0. The van der Waals surface area contributed by atoms with Gasteiger partial charge in [-0.05, 0) is 56.9 Å². The molecule has 6 nitrogen and oxygen atoms in total. The molecule has 2 N–H and O–H groups in total. The maximum Gasteiger partial charge on any atom is 0.317 e. The van der Waals surface area contributed by atoms with Crippen LogP contribution in [-0.4, -0.2) is 50.6 Å². The van der Waals surface area contributed by atoms with E-state index >= 15 is 0 Å². The van der Waals surface area contributed by atoms with E-state index in [1.54, 1.807) is 24.9 Å². The average Bonchev–Trinajstić information content (AvgIpc) is 3.26. The van der Waals surface area contributed by atoms with Crippen LogP contribution in [0.1, 0.15) is 32.3 Å². The molecule has 1 aromatic heterocycles. The molecule has 0 radical (unpaired) electrons. The molecule has 0 saturated carbocycles. The Hall–Kier alpha value is -2.34. The molecule has 1 saturated heterocycles. The van der Waals surface area contributed by atoms with Crippen molar-refractivity contribution >= 4 is 6.03 Å². The quantitative estimate of drug-likeness (QED) is 0.876. The van der Waals surface area contributed by atoms with Gasteiger partial charge in [0.1, 0.15) is 0 Å². The molecule has 1 aliphatic rings. The predicted molar refractivity (Wildman–Crippen MR) is 96.7 cm³/mol. The minimum absolute atomic E-state index is 0.0854. The number of aromatic nitrogens is 2. The molecule has 3 rings (SSSR count). The summed E-state index contributed by atoms with van der Waals surface area (Å²) in [4.78, 5) is 14.2. The third-order valence-electron chi connectivity index (χ3n) is 4.72. The summed E-state index contributed by atoms with van der Waals surface area (Å²) < 4.78 is 1.82. The number of rotatable bonds is 5. The molecule has 2 amide bonds. The second kappa shape index (κ2) is 7.27. The van der Waals surface area contributed by atoms with E-state index < -0.39 is 5.60 Å². The summed E-state index contributed by atoms with van der Waals surface area (Å²) in [6.07, 6.45) is 6.22.